The van der Waals surface area contributed by atoms with Crippen molar-refractivity contribution >= 4 is 22.8 Å². The van der Waals surface area contributed by atoms with Crippen molar-refractivity contribution in [1.82, 2.24) is 9.78 Å². The Hall–Kier alpha value is -4.52. The number of hydrogen-bond donors (Lipinski definition) is 0. The number of ketones is 1. The van der Waals surface area contributed by atoms with Crippen molar-refractivity contribution in [2.24, 2.45) is 0 Å². The fourth-order valence-corrected chi connectivity index (χ4v) is 3.57. The van der Waals surface area contributed by atoms with Crippen LogP contribution in [0.25, 0.3) is 34.2 Å². The van der Waals surface area contributed by atoms with Gasteiger partial charge < -0.3 is 9.15 Å². The van der Waals surface area contributed by atoms with E-state index in [4.69, 9.17) is 9.52 Å². The summed E-state index contributed by atoms with van der Waals surface area (Å²) < 4.78 is 36.7. The molecule has 0 fully saturated rings. The average Bonchev–Trinajstić information content (AvgIpc) is 3.47. The lowest BCUT2D eigenvalue weighted by atomic mass is 10.1. The maximum Gasteiger partial charge on any atom is 0.387 e. The molecule has 0 radical (unpaired) electrons. The summed E-state index contributed by atoms with van der Waals surface area (Å²) >= 11 is 0. The zero-order valence-electron chi connectivity index (χ0n) is 17.8. The molecule has 0 saturated carbocycles. The van der Waals surface area contributed by atoms with E-state index in [9.17, 15) is 13.6 Å². The monoisotopic (exact) mass is 456 g/mol. The van der Waals surface area contributed by atoms with E-state index in [1.807, 2.05) is 66.9 Å². The van der Waals surface area contributed by atoms with Crippen LogP contribution in [0.2, 0.25) is 0 Å². The van der Waals surface area contributed by atoms with E-state index in [0.29, 0.717) is 22.6 Å². The zero-order valence-corrected chi connectivity index (χ0v) is 17.8. The number of benzene rings is 3. The highest BCUT2D eigenvalue weighted by atomic mass is 19.3. The van der Waals surface area contributed by atoms with Crippen molar-refractivity contribution in [3.63, 3.8) is 0 Å². The summed E-state index contributed by atoms with van der Waals surface area (Å²) in [7, 11) is 0. The number of rotatable bonds is 7. The van der Waals surface area contributed by atoms with E-state index >= 15 is 0 Å². The van der Waals surface area contributed by atoms with Crippen LogP contribution in [0, 0.1) is 0 Å². The van der Waals surface area contributed by atoms with Gasteiger partial charge in [-0.3, -0.25) is 4.79 Å². The Balaban J connectivity index is 1.49. The molecule has 34 heavy (non-hydrogen) atoms. The van der Waals surface area contributed by atoms with Gasteiger partial charge in [0.25, 0.3) is 0 Å². The summed E-state index contributed by atoms with van der Waals surface area (Å²) in [4.78, 5) is 12.7. The molecule has 0 bridgehead atoms. The summed E-state index contributed by atoms with van der Waals surface area (Å²) in [5.74, 6) is 0.287. The van der Waals surface area contributed by atoms with Gasteiger partial charge in [0.15, 0.2) is 11.5 Å². The second-order valence-electron chi connectivity index (χ2n) is 7.46. The third-order valence-electron chi connectivity index (χ3n) is 5.20. The number of alkyl halides is 2. The SMILES string of the molecule is O=C(C=Cc1cn(-c2ccccc2)nc1-c1cc2ccccc2o1)c1ccc(OC(F)F)cc1. The van der Waals surface area contributed by atoms with Crippen molar-refractivity contribution in [1.29, 1.82) is 0 Å². The van der Waals surface area contributed by atoms with Crippen LogP contribution < -0.4 is 4.74 Å². The molecule has 2 aromatic heterocycles. The van der Waals surface area contributed by atoms with Crippen LogP contribution in [-0.2, 0) is 0 Å². The number of carbonyl (C=O) groups is 1. The Morgan fingerprint density at radius 2 is 1.71 bits per heavy atom. The van der Waals surface area contributed by atoms with E-state index in [1.54, 1.807) is 10.8 Å². The Kier molecular flexibility index (Phi) is 5.74. The van der Waals surface area contributed by atoms with Gasteiger partial charge in [-0.15, -0.1) is 0 Å². The van der Waals surface area contributed by atoms with E-state index in [0.717, 1.165) is 16.7 Å². The van der Waals surface area contributed by atoms with Gasteiger partial charge in [0.2, 0.25) is 0 Å². The first-order valence-electron chi connectivity index (χ1n) is 10.5. The van der Waals surface area contributed by atoms with Crippen LogP contribution in [0.5, 0.6) is 5.75 Å². The molecule has 0 N–H and O–H groups in total. The first kappa shape index (κ1) is 21.3. The number of ether oxygens (including phenoxy) is 1. The largest absolute Gasteiger partial charge is 0.454 e. The molecule has 0 unspecified atom stereocenters. The fourth-order valence-electron chi connectivity index (χ4n) is 3.57. The number of furan rings is 1. The lowest BCUT2D eigenvalue weighted by Gasteiger charge is -2.04. The molecule has 3 aromatic carbocycles. The molecular weight excluding hydrogens is 438 g/mol. The minimum Gasteiger partial charge on any atom is -0.454 e. The summed E-state index contributed by atoms with van der Waals surface area (Å²) in [6.45, 7) is -2.92. The van der Waals surface area contributed by atoms with Crippen molar-refractivity contribution in [3.8, 4) is 22.9 Å². The number of allylic oxidation sites excluding steroid dienone is 1. The van der Waals surface area contributed by atoms with Gasteiger partial charge in [0.1, 0.15) is 17.0 Å². The van der Waals surface area contributed by atoms with Crippen LogP contribution in [0.15, 0.2) is 102 Å². The highest BCUT2D eigenvalue weighted by molar-refractivity contribution is 6.07. The van der Waals surface area contributed by atoms with Crippen molar-refractivity contribution in [2.75, 3.05) is 0 Å². The lowest BCUT2D eigenvalue weighted by molar-refractivity contribution is -0.0498. The van der Waals surface area contributed by atoms with E-state index in [2.05, 4.69) is 4.74 Å². The zero-order chi connectivity index (χ0) is 23.5. The maximum absolute atomic E-state index is 12.7. The van der Waals surface area contributed by atoms with Gasteiger partial charge in [-0.2, -0.15) is 13.9 Å². The molecule has 5 aromatic rings. The molecule has 0 aliphatic rings. The quantitative estimate of drug-likeness (QED) is 0.200. The van der Waals surface area contributed by atoms with Gasteiger partial charge in [-0.05, 0) is 60.7 Å². The summed E-state index contributed by atoms with van der Waals surface area (Å²) in [6.07, 6.45) is 4.91. The van der Waals surface area contributed by atoms with Crippen LogP contribution in [0.1, 0.15) is 15.9 Å². The molecule has 168 valence electrons. The Bertz CT molecular complexity index is 1440. The molecule has 0 saturated heterocycles. The fraction of sp³-hybridized carbons (Fsp3) is 0.0370. The van der Waals surface area contributed by atoms with Crippen LogP contribution in [-0.4, -0.2) is 22.2 Å². The molecule has 0 amide bonds. The average molecular weight is 456 g/mol. The topological polar surface area (TPSA) is 57.3 Å². The van der Waals surface area contributed by atoms with Crippen molar-refractivity contribution in [2.45, 2.75) is 6.61 Å². The van der Waals surface area contributed by atoms with Gasteiger partial charge in [0, 0.05) is 22.7 Å². The number of aromatic nitrogens is 2. The predicted octanol–water partition coefficient (Wildman–Crippen LogP) is 6.78. The third kappa shape index (κ3) is 4.49. The molecule has 5 nitrogen and oxygen atoms in total. The Morgan fingerprint density at radius 3 is 2.44 bits per heavy atom. The van der Waals surface area contributed by atoms with Crippen molar-refractivity contribution < 1.29 is 22.7 Å². The predicted molar refractivity (Wildman–Crippen MR) is 125 cm³/mol. The lowest BCUT2D eigenvalue weighted by Crippen LogP contribution is -2.02. The second-order valence-corrected chi connectivity index (χ2v) is 7.46. The van der Waals surface area contributed by atoms with E-state index < -0.39 is 6.61 Å². The number of hydrogen-bond acceptors (Lipinski definition) is 4. The highest BCUT2D eigenvalue weighted by Gasteiger charge is 2.15. The molecule has 0 aliphatic carbocycles. The molecule has 0 aliphatic heterocycles. The van der Waals surface area contributed by atoms with E-state index in [1.165, 1.54) is 30.3 Å². The van der Waals surface area contributed by atoms with Gasteiger partial charge in [-0.1, -0.05) is 36.4 Å². The van der Waals surface area contributed by atoms with Gasteiger partial charge >= 0.3 is 6.61 Å². The summed E-state index contributed by atoms with van der Waals surface area (Å²) in [5, 5.41) is 5.66. The molecule has 5 rings (SSSR count). The summed E-state index contributed by atoms with van der Waals surface area (Å²) in [5.41, 5.74) is 3.22. The molecule has 0 spiro atoms. The first-order chi connectivity index (χ1) is 16.6. The third-order valence-corrected chi connectivity index (χ3v) is 5.20. The molecular formula is C27H18F2N2O3. The number of carbonyl (C=O) groups excluding carboxylic acids is 1. The van der Waals surface area contributed by atoms with E-state index in [-0.39, 0.29) is 11.5 Å². The standard InChI is InChI=1S/C27H18F2N2O3/c28-27(29)33-22-13-10-18(11-14-22)23(32)15-12-20-17-31(21-7-2-1-3-8-21)30-26(20)25-16-19-6-4-5-9-24(19)34-25/h1-17,27H. The number of nitrogens with zero attached hydrogens (tertiary/aromatic N) is 2. The Labute approximate surface area is 193 Å². The first-order valence-corrected chi connectivity index (χ1v) is 10.5. The minimum atomic E-state index is -2.92. The molecule has 0 atom stereocenters. The Morgan fingerprint density at radius 1 is 0.971 bits per heavy atom. The van der Waals surface area contributed by atoms with Gasteiger partial charge in [0.05, 0.1) is 5.69 Å². The van der Waals surface area contributed by atoms with Crippen molar-refractivity contribution in [3.05, 3.63) is 108 Å². The number of fused-ring (bicyclic) bond motifs is 1. The van der Waals surface area contributed by atoms with Gasteiger partial charge in [-0.25, -0.2) is 4.68 Å². The van der Waals surface area contributed by atoms with Crippen LogP contribution in [0.3, 0.4) is 0 Å². The number of para-hydroxylation sites is 2. The second kappa shape index (κ2) is 9.15. The normalized spacial score (nSPS) is 11.5. The maximum atomic E-state index is 12.7. The highest BCUT2D eigenvalue weighted by Crippen LogP contribution is 2.30. The summed E-state index contributed by atoms with van der Waals surface area (Å²) in [6, 6.07) is 24.7. The molecule has 2 heterocycles. The number of halogens is 2. The van der Waals surface area contributed by atoms with Crippen LogP contribution >= 0.6 is 0 Å². The minimum absolute atomic E-state index is 0.00756. The molecule has 7 heteroatoms. The van der Waals surface area contributed by atoms with Crippen LogP contribution in [0.4, 0.5) is 8.78 Å². The smallest absolute Gasteiger partial charge is 0.387 e.